The Morgan fingerprint density at radius 1 is 1.32 bits per heavy atom. The van der Waals surface area contributed by atoms with Gasteiger partial charge in [-0.05, 0) is 43.9 Å². The van der Waals surface area contributed by atoms with Crippen molar-refractivity contribution < 1.29 is 14.6 Å². The summed E-state index contributed by atoms with van der Waals surface area (Å²) in [5.74, 6) is 0.211. The molecule has 8 nitrogen and oxygen atoms in total. The SMILES string of the molecule is COC(=O)N1CCC(Nc2nc3nn(-c4c(C)cc(C)cc4O)cc3s2)CC1. The fourth-order valence-corrected chi connectivity index (χ4v) is 4.54. The lowest BCUT2D eigenvalue weighted by Crippen LogP contribution is -2.42. The summed E-state index contributed by atoms with van der Waals surface area (Å²) in [6.07, 6.45) is 3.33. The summed E-state index contributed by atoms with van der Waals surface area (Å²) in [5.41, 5.74) is 3.30. The quantitative estimate of drug-likeness (QED) is 0.698. The van der Waals surface area contributed by atoms with Crippen molar-refractivity contribution in [3.8, 4) is 11.4 Å². The average Bonchev–Trinajstić information content (AvgIpc) is 3.19. The fourth-order valence-electron chi connectivity index (χ4n) is 3.64. The van der Waals surface area contributed by atoms with Crippen molar-refractivity contribution in [1.29, 1.82) is 0 Å². The molecule has 2 N–H and O–H groups in total. The molecule has 1 fully saturated rings. The van der Waals surface area contributed by atoms with E-state index in [9.17, 15) is 9.90 Å². The smallest absolute Gasteiger partial charge is 0.409 e. The molecule has 148 valence electrons. The Morgan fingerprint density at radius 3 is 2.71 bits per heavy atom. The van der Waals surface area contributed by atoms with Gasteiger partial charge in [-0.15, -0.1) is 5.10 Å². The van der Waals surface area contributed by atoms with Crippen LogP contribution in [0.1, 0.15) is 24.0 Å². The van der Waals surface area contributed by atoms with E-state index < -0.39 is 0 Å². The van der Waals surface area contributed by atoms with Gasteiger partial charge < -0.3 is 20.1 Å². The fraction of sp³-hybridized carbons (Fsp3) is 0.421. The summed E-state index contributed by atoms with van der Waals surface area (Å²) in [7, 11) is 1.41. The molecule has 0 radical (unpaired) electrons. The number of benzene rings is 1. The molecular formula is C19H23N5O3S. The zero-order chi connectivity index (χ0) is 19.8. The normalized spacial score (nSPS) is 15.2. The van der Waals surface area contributed by atoms with Crippen LogP contribution in [-0.2, 0) is 4.74 Å². The molecule has 2 aromatic heterocycles. The predicted octanol–water partition coefficient (Wildman–Crippen LogP) is 3.45. The number of piperidine rings is 1. The minimum atomic E-state index is -0.269. The van der Waals surface area contributed by atoms with E-state index in [1.165, 1.54) is 7.11 Å². The van der Waals surface area contributed by atoms with Crippen molar-refractivity contribution in [3.05, 3.63) is 29.5 Å². The molecule has 0 saturated carbocycles. The Morgan fingerprint density at radius 2 is 2.07 bits per heavy atom. The van der Waals surface area contributed by atoms with Gasteiger partial charge in [0.15, 0.2) is 10.8 Å². The Kier molecular flexibility index (Phi) is 4.84. The van der Waals surface area contributed by atoms with Gasteiger partial charge in [0.2, 0.25) is 0 Å². The molecule has 1 amide bonds. The van der Waals surface area contributed by atoms with Crippen LogP contribution in [0.3, 0.4) is 0 Å². The molecule has 0 spiro atoms. The second-order valence-electron chi connectivity index (χ2n) is 7.11. The number of aryl methyl sites for hydroxylation is 2. The first kappa shape index (κ1) is 18.5. The topological polar surface area (TPSA) is 92.5 Å². The van der Waals surface area contributed by atoms with E-state index in [2.05, 4.69) is 15.4 Å². The molecule has 28 heavy (non-hydrogen) atoms. The zero-order valence-corrected chi connectivity index (χ0v) is 16.9. The van der Waals surface area contributed by atoms with E-state index in [1.54, 1.807) is 27.0 Å². The monoisotopic (exact) mass is 401 g/mol. The van der Waals surface area contributed by atoms with Crippen LogP contribution in [0.2, 0.25) is 0 Å². The van der Waals surface area contributed by atoms with Gasteiger partial charge in [-0.1, -0.05) is 17.4 Å². The molecule has 4 rings (SSSR count). The van der Waals surface area contributed by atoms with Crippen molar-refractivity contribution >= 4 is 32.9 Å². The van der Waals surface area contributed by atoms with Gasteiger partial charge in [0.25, 0.3) is 0 Å². The molecule has 3 heterocycles. The minimum absolute atomic E-state index is 0.211. The Hall–Kier alpha value is -2.81. The number of hydrogen-bond acceptors (Lipinski definition) is 7. The molecule has 0 bridgehead atoms. The number of phenolic OH excluding ortho intramolecular Hbond substituents is 1. The highest BCUT2D eigenvalue weighted by Crippen LogP contribution is 2.31. The van der Waals surface area contributed by atoms with Crippen LogP contribution < -0.4 is 5.32 Å². The molecule has 1 aliphatic rings. The van der Waals surface area contributed by atoms with Crippen LogP contribution in [0.4, 0.5) is 9.93 Å². The number of rotatable bonds is 3. The number of thiazole rings is 1. The molecule has 0 atom stereocenters. The second-order valence-corrected chi connectivity index (χ2v) is 8.14. The van der Waals surface area contributed by atoms with Gasteiger partial charge in [0, 0.05) is 19.1 Å². The summed E-state index contributed by atoms with van der Waals surface area (Å²) in [6, 6.07) is 4.03. The number of anilines is 1. The Balaban J connectivity index is 1.48. The standard InChI is InChI=1S/C19H23N5O3S/c1-11-8-12(2)16(14(25)9-11)24-10-15-17(22-24)21-18(28-15)20-13-4-6-23(7-5-13)19(26)27-3/h8-10,13,25H,4-7H2,1-3H3,(H,20,21,22). The number of aromatic nitrogens is 3. The first-order valence-electron chi connectivity index (χ1n) is 9.21. The summed E-state index contributed by atoms with van der Waals surface area (Å²) in [6.45, 7) is 5.25. The van der Waals surface area contributed by atoms with Gasteiger partial charge in [-0.3, -0.25) is 0 Å². The first-order valence-corrected chi connectivity index (χ1v) is 10.0. The van der Waals surface area contributed by atoms with Crippen molar-refractivity contribution in [2.45, 2.75) is 32.7 Å². The van der Waals surface area contributed by atoms with Crippen molar-refractivity contribution in [2.75, 3.05) is 25.5 Å². The van der Waals surface area contributed by atoms with Crippen molar-refractivity contribution in [1.82, 2.24) is 19.7 Å². The minimum Gasteiger partial charge on any atom is -0.506 e. The molecule has 3 aromatic rings. The molecule has 9 heteroatoms. The number of likely N-dealkylation sites (tertiary alicyclic amines) is 1. The molecule has 1 aliphatic heterocycles. The molecule has 1 aromatic carbocycles. The number of hydrogen-bond donors (Lipinski definition) is 2. The number of nitrogens with one attached hydrogen (secondary N) is 1. The maximum absolute atomic E-state index is 11.6. The van der Waals surface area contributed by atoms with Gasteiger partial charge in [0.05, 0.1) is 18.0 Å². The number of fused-ring (bicyclic) bond motifs is 1. The maximum Gasteiger partial charge on any atom is 0.409 e. The van der Waals surface area contributed by atoms with Crippen LogP contribution in [0.5, 0.6) is 5.75 Å². The van der Waals surface area contributed by atoms with Gasteiger partial charge in [-0.25, -0.2) is 9.48 Å². The third-order valence-corrected chi connectivity index (χ3v) is 5.90. The number of carbonyl (C=O) groups is 1. The first-order chi connectivity index (χ1) is 13.4. The van der Waals surface area contributed by atoms with Crippen LogP contribution in [0.25, 0.3) is 16.0 Å². The summed E-state index contributed by atoms with van der Waals surface area (Å²) in [5, 5.41) is 19.1. The van der Waals surface area contributed by atoms with Crippen LogP contribution in [0, 0.1) is 13.8 Å². The molecule has 0 unspecified atom stereocenters. The van der Waals surface area contributed by atoms with Gasteiger partial charge in [-0.2, -0.15) is 4.98 Å². The molecule has 1 saturated heterocycles. The van der Waals surface area contributed by atoms with E-state index >= 15 is 0 Å². The number of nitrogens with zero attached hydrogens (tertiary/aromatic N) is 4. The van der Waals surface area contributed by atoms with Crippen molar-refractivity contribution in [2.24, 2.45) is 0 Å². The lowest BCUT2D eigenvalue weighted by molar-refractivity contribution is 0.113. The largest absolute Gasteiger partial charge is 0.506 e. The van der Waals surface area contributed by atoms with Crippen LogP contribution in [0.15, 0.2) is 18.3 Å². The lowest BCUT2D eigenvalue weighted by Gasteiger charge is -2.31. The number of amides is 1. The molecular weight excluding hydrogens is 378 g/mol. The highest BCUT2D eigenvalue weighted by atomic mass is 32.1. The van der Waals surface area contributed by atoms with Crippen molar-refractivity contribution in [3.63, 3.8) is 0 Å². The van der Waals surface area contributed by atoms with Crippen LogP contribution in [-0.4, -0.2) is 57.1 Å². The summed E-state index contributed by atoms with van der Waals surface area (Å²) in [4.78, 5) is 17.9. The third-order valence-electron chi connectivity index (χ3n) is 4.99. The second kappa shape index (κ2) is 7.31. The number of aromatic hydroxyl groups is 1. The number of carbonyl (C=O) groups excluding carboxylic acids is 1. The maximum atomic E-state index is 11.6. The average molecular weight is 401 g/mol. The highest BCUT2D eigenvalue weighted by molar-refractivity contribution is 7.22. The van der Waals surface area contributed by atoms with Gasteiger partial charge in [0.1, 0.15) is 11.4 Å². The summed E-state index contributed by atoms with van der Waals surface area (Å²) >= 11 is 1.54. The predicted molar refractivity (Wildman–Crippen MR) is 109 cm³/mol. The number of phenols is 1. The lowest BCUT2D eigenvalue weighted by atomic mass is 10.1. The van der Waals surface area contributed by atoms with E-state index in [0.29, 0.717) is 24.4 Å². The summed E-state index contributed by atoms with van der Waals surface area (Å²) < 4.78 is 7.42. The highest BCUT2D eigenvalue weighted by Gasteiger charge is 2.24. The molecule has 0 aliphatic carbocycles. The number of methoxy groups -OCH3 is 1. The van der Waals surface area contributed by atoms with E-state index in [-0.39, 0.29) is 17.9 Å². The van der Waals surface area contributed by atoms with E-state index in [0.717, 1.165) is 33.8 Å². The van der Waals surface area contributed by atoms with Gasteiger partial charge >= 0.3 is 6.09 Å². The Bertz CT molecular complexity index is 965. The third kappa shape index (κ3) is 3.49. The van der Waals surface area contributed by atoms with Crippen LogP contribution >= 0.6 is 11.3 Å². The van der Waals surface area contributed by atoms with E-state index in [1.807, 2.05) is 26.1 Å². The number of ether oxygens (including phenoxy) is 1. The Labute approximate surface area is 166 Å². The van der Waals surface area contributed by atoms with E-state index in [4.69, 9.17) is 4.74 Å². The zero-order valence-electron chi connectivity index (χ0n) is 16.1.